The van der Waals surface area contributed by atoms with Crippen LogP contribution in [0.2, 0.25) is 10.0 Å². The first-order chi connectivity index (χ1) is 13.1. The number of para-hydroxylation sites is 1. The summed E-state index contributed by atoms with van der Waals surface area (Å²) in [6, 6.07) is 15.2. The highest BCUT2D eigenvalue weighted by atomic mass is 35.5. The first-order valence-electron chi connectivity index (χ1n) is 9.24. The molecule has 0 aromatic heterocycles. The maximum Gasteiger partial charge on any atom is 0.223 e. The van der Waals surface area contributed by atoms with Crippen molar-refractivity contribution in [2.45, 2.75) is 19.4 Å². The number of rotatable bonds is 7. The summed E-state index contributed by atoms with van der Waals surface area (Å²) in [6.07, 6.45) is 1.68. The van der Waals surface area contributed by atoms with E-state index in [4.69, 9.17) is 27.9 Å². The van der Waals surface area contributed by atoms with Gasteiger partial charge in [0.1, 0.15) is 12.4 Å². The number of amides is 1. The molecule has 0 unspecified atom stereocenters. The monoisotopic (exact) mass is 406 g/mol. The Morgan fingerprint density at radius 3 is 2.37 bits per heavy atom. The number of nitrogens with one attached hydrogen (secondary N) is 1. The quantitative estimate of drug-likeness (QED) is 0.692. The Morgan fingerprint density at radius 2 is 1.70 bits per heavy atom. The van der Waals surface area contributed by atoms with Crippen molar-refractivity contribution < 1.29 is 9.53 Å². The Bertz CT molecular complexity index is 727. The van der Waals surface area contributed by atoms with E-state index in [-0.39, 0.29) is 11.8 Å². The highest BCUT2D eigenvalue weighted by Gasteiger charge is 2.25. The zero-order valence-electron chi connectivity index (χ0n) is 15.2. The third-order valence-electron chi connectivity index (χ3n) is 4.82. The third-order valence-corrected chi connectivity index (χ3v) is 5.52. The van der Waals surface area contributed by atoms with Crippen LogP contribution in [0.25, 0.3) is 0 Å². The van der Waals surface area contributed by atoms with Crippen LogP contribution in [-0.2, 0) is 11.3 Å². The Kier molecular flexibility index (Phi) is 7.39. The Morgan fingerprint density at radius 1 is 1.04 bits per heavy atom. The number of ether oxygens (including phenoxy) is 1. The molecule has 27 heavy (non-hydrogen) atoms. The maximum atomic E-state index is 12.4. The largest absolute Gasteiger partial charge is 0.492 e. The summed E-state index contributed by atoms with van der Waals surface area (Å²) in [7, 11) is 0. The molecule has 2 aromatic carbocycles. The average molecular weight is 407 g/mol. The molecule has 0 bridgehead atoms. The van der Waals surface area contributed by atoms with Crippen molar-refractivity contribution in [2.24, 2.45) is 5.92 Å². The van der Waals surface area contributed by atoms with E-state index in [1.54, 1.807) is 0 Å². The van der Waals surface area contributed by atoms with Crippen LogP contribution in [0.1, 0.15) is 18.4 Å². The van der Waals surface area contributed by atoms with Crippen LogP contribution in [-0.4, -0.2) is 37.0 Å². The van der Waals surface area contributed by atoms with Crippen molar-refractivity contribution >= 4 is 29.1 Å². The molecular formula is C21H24Cl2N2O2. The number of hydrogen-bond acceptors (Lipinski definition) is 3. The van der Waals surface area contributed by atoms with Gasteiger partial charge in [-0.25, -0.2) is 0 Å². The molecule has 0 aliphatic carbocycles. The van der Waals surface area contributed by atoms with Gasteiger partial charge in [0.2, 0.25) is 5.91 Å². The number of hydrogen-bond donors (Lipinski definition) is 1. The standard InChI is InChI=1S/C21H24Cl2N2O2/c22-19-7-4-8-20(23)18(19)15-25-12-9-16(10-13-25)21(26)24-11-14-27-17-5-2-1-3-6-17/h1-8,16H,9-15H2,(H,24,26). The first kappa shape index (κ1) is 20.0. The molecular weight excluding hydrogens is 383 g/mol. The number of piperidine rings is 1. The van der Waals surface area contributed by atoms with E-state index in [1.807, 2.05) is 48.5 Å². The second kappa shape index (κ2) is 9.98. The van der Waals surface area contributed by atoms with Gasteiger partial charge in [-0.2, -0.15) is 0 Å². The summed E-state index contributed by atoms with van der Waals surface area (Å²) in [5.74, 6) is 0.986. The molecule has 0 saturated carbocycles. The molecule has 1 N–H and O–H groups in total. The Hall–Kier alpha value is -1.75. The van der Waals surface area contributed by atoms with Crippen LogP contribution in [0.3, 0.4) is 0 Å². The van der Waals surface area contributed by atoms with Gasteiger partial charge in [0, 0.05) is 28.1 Å². The van der Waals surface area contributed by atoms with Crippen molar-refractivity contribution in [3.8, 4) is 5.75 Å². The summed E-state index contributed by atoms with van der Waals surface area (Å²) < 4.78 is 5.60. The lowest BCUT2D eigenvalue weighted by atomic mass is 9.95. The second-order valence-electron chi connectivity index (χ2n) is 6.70. The zero-order valence-corrected chi connectivity index (χ0v) is 16.7. The van der Waals surface area contributed by atoms with E-state index in [2.05, 4.69) is 10.2 Å². The lowest BCUT2D eigenvalue weighted by Gasteiger charge is -2.31. The maximum absolute atomic E-state index is 12.4. The molecule has 1 aliphatic heterocycles. The fraction of sp³-hybridized carbons (Fsp3) is 0.381. The first-order valence-corrected chi connectivity index (χ1v) is 10.00. The lowest BCUT2D eigenvalue weighted by molar-refractivity contribution is -0.126. The topological polar surface area (TPSA) is 41.6 Å². The molecule has 3 rings (SSSR count). The van der Waals surface area contributed by atoms with E-state index in [1.165, 1.54) is 0 Å². The van der Waals surface area contributed by atoms with Gasteiger partial charge < -0.3 is 10.1 Å². The minimum atomic E-state index is 0.0553. The van der Waals surface area contributed by atoms with Crippen molar-refractivity contribution in [3.63, 3.8) is 0 Å². The van der Waals surface area contributed by atoms with Gasteiger partial charge in [0.05, 0.1) is 6.54 Å². The van der Waals surface area contributed by atoms with Gasteiger partial charge >= 0.3 is 0 Å². The van der Waals surface area contributed by atoms with Crippen molar-refractivity contribution in [2.75, 3.05) is 26.2 Å². The number of carbonyl (C=O) groups is 1. The van der Waals surface area contributed by atoms with Crippen LogP contribution < -0.4 is 10.1 Å². The molecule has 1 heterocycles. The number of likely N-dealkylation sites (tertiary alicyclic amines) is 1. The van der Waals surface area contributed by atoms with Crippen molar-refractivity contribution in [1.29, 1.82) is 0 Å². The molecule has 144 valence electrons. The Balaban J connectivity index is 1.38. The summed E-state index contributed by atoms with van der Waals surface area (Å²) in [6.45, 7) is 3.43. The second-order valence-corrected chi connectivity index (χ2v) is 7.52. The van der Waals surface area contributed by atoms with Gasteiger partial charge in [-0.05, 0) is 50.2 Å². The molecule has 1 fully saturated rings. The number of benzene rings is 2. The van der Waals surface area contributed by atoms with E-state index in [9.17, 15) is 4.79 Å². The molecule has 1 aliphatic rings. The molecule has 1 amide bonds. The Labute approximate surface area is 170 Å². The average Bonchev–Trinajstić information content (AvgIpc) is 2.69. The molecule has 6 heteroatoms. The highest BCUT2D eigenvalue weighted by Crippen LogP contribution is 2.27. The van der Waals surface area contributed by atoms with E-state index < -0.39 is 0 Å². The normalized spacial score (nSPS) is 15.5. The fourth-order valence-corrected chi connectivity index (χ4v) is 3.78. The highest BCUT2D eigenvalue weighted by molar-refractivity contribution is 6.35. The van der Waals surface area contributed by atoms with Crippen molar-refractivity contribution in [1.82, 2.24) is 10.2 Å². The predicted octanol–water partition coefficient (Wildman–Crippen LogP) is 4.40. The van der Waals surface area contributed by atoms with E-state index >= 15 is 0 Å². The molecule has 1 saturated heterocycles. The van der Waals surface area contributed by atoms with Gasteiger partial charge in [0.15, 0.2) is 0 Å². The van der Waals surface area contributed by atoms with Gasteiger partial charge in [0.25, 0.3) is 0 Å². The summed E-state index contributed by atoms with van der Waals surface area (Å²) >= 11 is 12.5. The van der Waals surface area contributed by atoms with Crippen LogP contribution >= 0.6 is 23.2 Å². The number of carbonyl (C=O) groups excluding carboxylic acids is 1. The lowest BCUT2D eigenvalue weighted by Crippen LogP contribution is -2.41. The molecule has 0 atom stereocenters. The summed E-state index contributed by atoms with van der Waals surface area (Å²) in [4.78, 5) is 14.7. The van der Waals surface area contributed by atoms with E-state index in [0.717, 1.165) is 43.8 Å². The zero-order chi connectivity index (χ0) is 19.1. The van der Waals surface area contributed by atoms with Gasteiger partial charge in [-0.3, -0.25) is 9.69 Å². The van der Waals surface area contributed by atoms with Crippen LogP contribution in [0.5, 0.6) is 5.75 Å². The fourth-order valence-electron chi connectivity index (χ4n) is 3.26. The number of halogens is 2. The van der Waals surface area contributed by atoms with Gasteiger partial charge in [-0.1, -0.05) is 47.5 Å². The molecule has 2 aromatic rings. The minimum absolute atomic E-state index is 0.0553. The van der Waals surface area contributed by atoms with Gasteiger partial charge in [-0.15, -0.1) is 0 Å². The minimum Gasteiger partial charge on any atom is -0.492 e. The van der Waals surface area contributed by atoms with Crippen molar-refractivity contribution in [3.05, 3.63) is 64.1 Å². The molecule has 4 nitrogen and oxygen atoms in total. The predicted molar refractivity (Wildman–Crippen MR) is 109 cm³/mol. The molecule has 0 radical (unpaired) electrons. The summed E-state index contributed by atoms with van der Waals surface area (Å²) in [5, 5.41) is 4.37. The number of nitrogens with zero attached hydrogens (tertiary/aromatic N) is 1. The summed E-state index contributed by atoms with van der Waals surface area (Å²) in [5.41, 5.74) is 0.960. The third kappa shape index (κ3) is 5.86. The van der Waals surface area contributed by atoms with E-state index in [0.29, 0.717) is 23.2 Å². The molecule has 0 spiro atoms. The smallest absolute Gasteiger partial charge is 0.223 e. The van der Waals surface area contributed by atoms with Crippen LogP contribution in [0.4, 0.5) is 0 Å². The SMILES string of the molecule is O=C(NCCOc1ccccc1)C1CCN(Cc2c(Cl)cccc2Cl)CC1. The van der Waals surface area contributed by atoms with Crippen LogP contribution in [0, 0.1) is 5.92 Å². The van der Waals surface area contributed by atoms with Crippen LogP contribution in [0.15, 0.2) is 48.5 Å².